The van der Waals surface area contributed by atoms with Crippen LogP contribution in [0.4, 0.5) is 0 Å². The van der Waals surface area contributed by atoms with Crippen molar-refractivity contribution in [3.05, 3.63) is 51.8 Å². The molecule has 0 saturated carbocycles. The van der Waals surface area contributed by atoms with E-state index >= 15 is 0 Å². The highest BCUT2D eigenvalue weighted by Gasteiger charge is 2.18. The maximum Gasteiger partial charge on any atom is 0.261 e. The van der Waals surface area contributed by atoms with Crippen LogP contribution in [0, 0.1) is 20.8 Å². The van der Waals surface area contributed by atoms with E-state index in [2.05, 4.69) is 15.3 Å². The van der Waals surface area contributed by atoms with Gasteiger partial charge in [-0.15, -0.1) is 11.3 Å². The number of benzene rings is 1. The van der Waals surface area contributed by atoms with Gasteiger partial charge in [0.15, 0.2) is 0 Å². The van der Waals surface area contributed by atoms with Crippen LogP contribution >= 0.6 is 11.3 Å². The molecule has 1 N–H and O–H groups in total. The van der Waals surface area contributed by atoms with Crippen LogP contribution < -0.4 is 10.1 Å². The summed E-state index contributed by atoms with van der Waals surface area (Å²) >= 11 is 1.43. The van der Waals surface area contributed by atoms with Gasteiger partial charge in [-0.2, -0.15) is 0 Å². The lowest BCUT2D eigenvalue weighted by atomic mass is 10.1. The molecule has 0 radical (unpaired) electrons. The summed E-state index contributed by atoms with van der Waals surface area (Å²) < 4.78 is 5.35. The number of carbonyl (C=O) groups is 1. The summed E-state index contributed by atoms with van der Waals surface area (Å²) in [6, 6.07) is 7.85. The number of aromatic nitrogens is 2. The molecule has 0 bridgehead atoms. The van der Waals surface area contributed by atoms with E-state index in [1.54, 1.807) is 7.11 Å². The van der Waals surface area contributed by atoms with Crippen LogP contribution in [0.3, 0.4) is 0 Å². The normalized spacial score (nSPS) is 10.9. The van der Waals surface area contributed by atoms with Gasteiger partial charge in [0.2, 0.25) is 0 Å². The molecule has 0 aliphatic carbocycles. The van der Waals surface area contributed by atoms with Gasteiger partial charge in [-0.3, -0.25) is 4.79 Å². The Kier molecular flexibility index (Phi) is 4.99. The van der Waals surface area contributed by atoms with E-state index in [1.165, 1.54) is 11.3 Å². The lowest BCUT2D eigenvalue weighted by Crippen LogP contribution is -2.25. The number of fused-ring (bicyclic) bond motifs is 1. The van der Waals surface area contributed by atoms with E-state index < -0.39 is 0 Å². The molecule has 5 nitrogen and oxygen atoms in total. The molecule has 0 spiro atoms. The summed E-state index contributed by atoms with van der Waals surface area (Å²) in [7, 11) is 1.66. The first kappa shape index (κ1) is 17.4. The number of methoxy groups -OCH3 is 1. The molecule has 25 heavy (non-hydrogen) atoms. The van der Waals surface area contributed by atoms with Crippen LogP contribution in [0.2, 0.25) is 0 Å². The molecular weight excluding hydrogens is 334 g/mol. The number of rotatable bonds is 5. The Bertz CT molecular complexity index is 934. The molecule has 130 valence electrons. The van der Waals surface area contributed by atoms with Gasteiger partial charge in [-0.25, -0.2) is 9.97 Å². The number of amides is 1. The summed E-state index contributed by atoms with van der Waals surface area (Å²) in [5.74, 6) is 1.51. The van der Waals surface area contributed by atoms with Gasteiger partial charge in [0.25, 0.3) is 5.91 Å². The molecule has 1 aromatic carbocycles. The van der Waals surface area contributed by atoms with Crippen molar-refractivity contribution in [1.29, 1.82) is 0 Å². The van der Waals surface area contributed by atoms with E-state index in [9.17, 15) is 4.79 Å². The number of nitrogens with zero attached hydrogens (tertiary/aromatic N) is 2. The number of hydrogen-bond acceptors (Lipinski definition) is 5. The Balaban J connectivity index is 1.75. The van der Waals surface area contributed by atoms with Gasteiger partial charge >= 0.3 is 0 Å². The monoisotopic (exact) mass is 355 g/mol. The summed E-state index contributed by atoms with van der Waals surface area (Å²) in [5, 5.41) is 3.99. The Morgan fingerprint density at radius 1 is 1.20 bits per heavy atom. The number of hydrogen-bond donors (Lipinski definition) is 1. The van der Waals surface area contributed by atoms with Crippen LogP contribution in [-0.2, 0) is 6.42 Å². The zero-order valence-electron chi connectivity index (χ0n) is 14.8. The number of para-hydroxylation sites is 1. The second-order valence-corrected chi connectivity index (χ2v) is 6.91. The molecular formula is C19H21N3O2S. The molecule has 0 fully saturated rings. The number of thiophene rings is 1. The quantitative estimate of drug-likeness (QED) is 0.759. The Morgan fingerprint density at radius 2 is 1.96 bits per heavy atom. The van der Waals surface area contributed by atoms with Crippen LogP contribution in [0.1, 0.15) is 32.3 Å². The molecule has 0 aliphatic heterocycles. The van der Waals surface area contributed by atoms with Gasteiger partial charge in [0.1, 0.15) is 16.4 Å². The van der Waals surface area contributed by atoms with Crippen molar-refractivity contribution in [1.82, 2.24) is 15.3 Å². The lowest BCUT2D eigenvalue weighted by molar-refractivity contribution is 0.0957. The van der Waals surface area contributed by atoms with Gasteiger partial charge < -0.3 is 10.1 Å². The average molecular weight is 355 g/mol. The highest BCUT2D eigenvalue weighted by molar-refractivity contribution is 7.20. The van der Waals surface area contributed by atoms with E-state index in [1.807, 2.05) is 45.0 Å². The number of ether oxygens (including phenoxy) is 1. The molecule has 0 unspecified atom stereocenters. The average Bonchev–Trinajstić information content (AvgIpc) is 2.92. The molecule has 1 amide bonds. The molecule has 2 aromatic heterocycles. The Hall–Kier alpha value is -2.47. The van der Waals surface area contributed by atoms with Crippen LogP contribution in [0.25, 0.3) is 10.2 Å². The van der Waals surface area contributed by atoms with E-state index in [0.29, 0.717) is 11.4 Å². The zero-order chi connectivity index (χ0) is 18.0. The van der Waals surface area contributed by atoms with Crippen molar-refractivity contribution >= 4 is 27.5 Å². The fourth-order valence-corrected chi connectivity index (χ4v) is 4.18. The fourth-order valence-electron chi connectivity index (χ4n) is 2.99. The molecule has 0 atom stereocenters. The minimum atomic E-state index is -0.0625. The van der Waals surface area contributed by atoms with Crippen molar-refractivity contribution in [2.75, 3.05) is 13.7 Å². The van der Waals surface area contributed by atoms with Crippen molar-refractivity contribution in [3.8, 4) is 5.75 Å². The molecule has 0 aliphatic rings. The predicted octanol–water partition coefficient (Wildman–Crippen LogP) is 3.60. The first-order chi connectivity index (χ1) is 12.0. The molecule has 2 heterocycles. The second kappa shape index (κ2) is 7.19. The molecule has 3 rings (SSSR count). The van der Waals surface area contributed by atoms with Crippen molar-refractivity contribution < 1.29 is 9.53 Å². The topological polar surface area (TPSA) is 64.1 Å². The van der Waals surface area contributed by atoms with Crippen molar-refractivity contribution in [2.45, 2.75) is 27.2 Å². The molecule has 0 saturated heterocycles. The van der Waals surface area contributed by atoms with E-state index in [4.69, 9.17) is 4.74 Å². The molecule has 3 aromatic rings. The van der Waals surface area contributed by atoms with Gasteiger partial charge in [0, 0.05) is 17.6 Å². The zero-order valence-corrected chi connectivity index (χ0v) is 15.7. The van der Waals surface area contributed by atoms with Gasteiger partial charge in [0.05, 0.1) is 12.0 Å². The number of carbonyl (C=O) groups excluding carboxylic acids is 1. The summed E-state index contributed by atoms with van der Waals surface area (Å²) in [6.07, 6.45) is 0.720. The maximum absolute atomic E-state index is 12.6. The summed E-state index contributed by atoms with van der Waals surface area (Å²) in [5.41, 5.74) is 2.95. The van der Waals surface area contributed by atoms with Crippen molar-refractivity contribution in [3.63, 3.8) is 0 Å². The van der Waals surface area contributed by atoms with Crippen LogP contribution in [-0.4, -0.2) is 29.5 Å². The third-order valence-corrected chi connectivity index (χ3v) is 5.35. The molecule has 6 heteroatoms. The predicted molar refractivity (Wildman–Crippen MR) is 101 cm³/mol. The van der Waals surface area contributed by atoms with E-state index in [0.717, 1.165) is 45.0 Å². The van der Waals surface area contributed by atoms with Gasteiger partial charge in [-0.05, 0) is 44.4 Å². The van der Waals surface area contributed by atoms with Crippen LogP contribution in [0.15, 0.2) is 24.3 Å². The summed E-state index contributed by atoms with van der Waals surface area (Å²) in [4.78, 5) is 23.0. The minimum Gasteiger partial charge on any atom is -0.496 e. The smallest absolute Gasteiger partial charge is 0.261 e. The first-order valence-electron chi connectivity index (χ1n) is 8.15. The highest BCUT2D eigenvalue weighted by atomic mass is 32.1. The second-order valence-electron chi connectivity index (χ2n) is 5.91. The number of aryl methyl sites for hydroxylation is 3. The Morgan fingerprint density at radius 3 is 2.72 bits per heavy atom. The fraction of sp³-hybridized carbons (Fsp3) is 0.316. The van der Waals surface area contributed by atoms with Crippen LogP contribution in [0.5, 0.6) is 5.75 Å². The van der Waals surface area contributed by atoms with Crippen molar-refractivity contribution in [2.24, 2.45) is 0 Å². The van der Waals surface area contributed by atoms with E-state index in [-0.39, 0.29) is 5.91 Å². The van der Waals surface area contributed by atoms with Gasteiger partial charge in [-0.1, -0.05) is 18.2 Å². The third kappa shape index (κ3) is 3.49. The summed E-state index contributed by atoms with van der Waals surface area (Å²) in [6.45, 7) is 6.34. The Labute approximate surface area is 151 Å². The standard InChI is InChI=1S/C19H21N3O2S/c1-11-16-12(2)21-13(3)22-19(16)25-17(11)18(23)20-10-9-14-7-5-6-8-15(14)24-4/h5-8H,9-10H2,1-4H3,(H,20,23). The largest absolute Gasteiger partial charge is 0.496 e. The first-order valence-corrected chi connectivity index (χ1v) is 8.97. The number of nitrogens with one attached hydrogen (secondary N) is 1. The SMILES string of the molecule is COc1ccccc1CCNC(=O)c1sc2nc(C)nc(C)c2c1C. The minimum absolute atomic E-state index is 0.0625. The maximum atomic E-state index is 12.6. The third-order valence-electron chi connectivity index (χ3n) is 4.16. The lowest BCUT2D eigenvalue weighted by Gasteiger charge is -2.09. The highest BCUT2D eigenvalue weighted by Crippen LogP contribution is 2.31.